The van der Waals surface area contributed by atoms with Crippen LogP contribution in [-0.4, -0.2) is 17.4 Å². The molecule has 0 radical (unpaired) electrons. The van der Waals surface area contributed by atoms with Crippen LogP contribution >= 0.6 is 11.6 Å². The highest BCUT2D eigenvalue weighted by molar-refractivity contribution is 6.30. The monoisotopic (exact) mass is 457 g/mol. The van der Waals surface area contributed by atoms with Crippen molar-refractivity contribution < 1.29 is 4.79 Å². The van der Waals surface area contributed by atoms with Crippen LogP contribution in [0.2, 0.25) is 5.02 Å². The summed E-state index contributed by atoms with van der Waals surface area (Å²) in [5.74, 6) is 0.288. The number of nitriles is 1. The zero-order chi connectivity index (χ0) is 23.1. The summed E-state index contributed by atoms with van der Waals surface area (Å²) in [5, 5.41) is 13.3. The number of carbonyl (C=O) groups excluding carboxylic acids is 1. The first-order valence-corrected chi connectivity index (χ1v) is 11.9. The van der Waals surface area contributed by atoms with Crippen LogP contribution in [0.15, 0.2) is 73.1 Å². The minimum atomic E-state index is -0.486. The highest BCUT2D eigenvalue weighted by Crippen LogP contribution is 2.41. The van der Waals surface area contributed by atoms with Crippen molar-refractivity contribution in [1.29, 1.82) is 5.26 Å². The Labute approximate surface area is 200 Å². The molecular weight excluding hydrogens is 430 g/mol. The fourth-order valence-corrected chi connectivity index (χ4v) is 5.07. The summed E-state index contributed by atoms with van der Waals surface area (Å²) in [6, 6.07) is 21.7. The molecule has 4 nitrogen and oxygen atoms in total. The molecule has 3 aromatic rings. The molecule has 1 saturated carbocycles. The topological polar surface area (TPSA) is 65.8 Å². The van der Waals surface area contributed by atoms with Crippen LogP contribution in [-0.2, 0) is 23.1 Å². The van der Waals surface area contributed by atoms with Crippen LogP contribution in [0, 0.1) is 17.2 Å². The highest BCUT2D eigenvalue weighted by atomic mass is 35.5. The van der Waals surface area contributed by atoms with E-state index in [1.807, 2.05) is 66.9 Å². The quantitative estimate of drug-likeness (QED) is 0.476. The number of pyridine rings is 1. The maximum atomic E-state index is 13.5. The van der Waals surface area contributed by atoms with E-state index in [1.165, 1.54) is 5.56 Å². The van der Waals surface area contributed by atoms with Crippen molar-refractivity contribution in [3.05, 3.63) is 100 Å². The second-order valence-electron chi connectivity index (χ2n) is 8.95. The maximum Gasteiger partial charge on any atom is 0.230 e. The average molecular weight is 458 g/mol. The van der Waals surface area contributed by atoms with Gasteiger partial charge in [0.1, 0.15) is 0 Å². The van der Waals surface area contributed by atoms with Crippen LogP contribution in [0.1, 0.15) is 47.9 Å². The molecule has 2 aromatic carbocycles. The molecular formula is C28H28ClN3O. The van der Waals surface area contributed by atoms with E-state index in [-0.39, 0.29) is 11.8 Å². The smallest absolute Gasteiger partial charge is 0.230 e. The Morgan fingerprint density at radius 2 is 1.82 bits per heavy atom. The Morgan fingerprint density at radius 3 is 2.52 bits per heavy atom. The van der Waals surface area contributed by atoms with Crippen LogP contribution in [0.25, 0.3) is 0 Å². The number of hydrogen-bond donors (Lipinski definition) is 1. The lowest BCUT2D eigenvalue weighted by atomic mass is 9.78. The minimum absolute atomic E-state index is 0.0971. The first-order valence-electron chi connectivity index (χ1n) is 11.5. The fraction of sp³-hybridized carbons (Fsp3) is 0.321. The molecule has 0 bridgehead atoms. The van der Waals surface area contributed by atoms with Gasteiger partial charge in [-0.1, -0.05) is 54.8 Å². The summed E-state index contributed by atoms with van der Waals surface area (Å²) in [6.07, 6.45) is 9.00. The van der Waals surface area contributed by atoms with E-state index in [9.17, 15) is 10.1 Å². The summed E-state index contributed by atoms with van der Waals surface area (Å²) < 4.78 is 0. The molecule has 5 heteroatoms. The van der Waals surface area contributed by atoms with Gasteiger partial charge in [-0.15, -0.1) is 0 Å². The Hall–Kier alpha value is -3.16. The van der Waals surface area contributed by atoms with Crippen molar-refractivity contribution in [2.24, 2.45) is 5.92 Å². The van der Waals surface area contributed by atoms with E-state index in [2.05, 4.69) is 16.4 Å². The van der Waals surface area contributed by atoms with Crippen molar-refractivity contribution in [2.75, 3.05) is 6.54 Å². The van der Waals surface area contributed by atoms with Gasteiger partial charge in [0.15, 0.2) is 0 Å². The molecule has 168 valence electrons. The maximum absolute atomic E-state index is 13.5. The van der Waals surface area contributed by atoms with E-state index in [0.717, 1.165) is 49.7 Å². The standard InChI is InChI=1S/C28H28ClN3O/c29-26-10-8-21(9-11-26)15-24(17-22-5-3-6-23(16-22)18-30)19-32-27(33)28(12-1-2-13-28)25-7-4-14-31-20-25/h3-11,14,16,20,24H,1-2,12-13,15,17,19H2,(H,32,33). The molecule has 1 aliphatic rings. The molecule has 4 rings (SSSR count). The van der Waals surface area contributed by atoms with Gasteiger partial charge in [-0.3, -0.25) is 9.78 Å². The third-order valence-corrected chi connectivity index (χ3v) is 6.93. The van der Waals surface area contributed by atoms with Gasteiger partial charge < -0.3 is 5.32 Å². The predicted molar refractivity (Wildman–Crippen MR) is 131 cm³/mol. The molecule has 1 N–H and O–H groups in total. The number of rotatable bonds is 8. The van der Waals surface area contributed by atoms with Crippen molar-refractivity contribution in [1.82, 2.24) is 10.3 Å². The van der Waals surface area contributed by atoms with Gasteiger partial charge in [0.2, 0.25) is 5.91 Å². The molecule has 1 amide bonds. The van der Waals surface area contributed by atoms with Gasteiger partial charge in [0.25, 0.3) is 0 Å². The molecule has 33 heavy (non-hydrogen) atoms. The molecule has 1 unspecified atom stereocenters. The number of benzene rings is 2. The lowest BCUT2D eigenvalue weighted by Crippen LogP contribution is -2.44. The number of carbonyl (C=O) groups is 1. The van der Waals surface area contributed by atoms with E-state index in [1.54, 1.807) is 6.20 Å². The van der Waals surface area contributed by atoms with E-state index in [0.29, 0.717) is 17.1 Å². The Bertz CT molecular complexity index is 1120. The molecule has 0 spiro atoms. The summed E-state index contributed by atoms with van der Waals surface area (Å²) in [5.41, 5.74) is 3.46. The number of amides is 1. The van der Waals surface area contributed by atoms with E-state index >= 15 is 0 Å². The summed E-state index contributed by atoms with van der Waals surface area (Å²) in [4.78, 5) is 17.8. The van der Waals surface area contributed by atoms with E-state index < -0.39 is 5.41 Å². The van der Waals surface area contributed by atoms with Gasteiger partial charge >= 0.3 is 0 Å². The average Bonchev–Trinajstić information content (AvgIpc) is 3.36. The van der Waals surface area contributed by atoms with Crippen molar-refractivity contribution in [2.45, 2.75) is 43.9 Å². The van der Waals surface area contributed by atoms with Crippen molar-refractivity contribution in [3.8, 4) is 6.07 Å². The summed E-state index contributed by atoms with van der Waals surface area (Å²) in [7, 11) is 0. The number of nitrogens with one attached hydrogen (secondary N) is 1. The zero-order valence-corrected chi connectivity index (χ0v) is 19.4. The van der Waals surface area contributed by atoms with Crippen molar-refractivity contribution >= 4 is 17.5 Å². The molecule has 1 atom stereocenters. The summed E-state index contributed by atoms with van der Waals surface area (Å²) in [6.45, 7) is 0.570. The molecule has 1 aliphatic carbocycles. The second-order valence-corrected chi connectivity index (χ2v) is 9.39. The SMILES string of the molecule is N#Cc1cccc(CC(CNC(=O)C2(c3cccnc3)CCCC2)Cc2ccc(Cl)cc2)c1. The lowest BCUT2D eigenvalue weighted by molar-refractivity contribution is -0.126. The third-order valence-electron chi connectivity index (χ3n) is 6.68. The van der Waals surface area contributed by atoms with Gasteiger partial charge in [-0.2, -0.15) is 5.26 Å². The Morgan fingerprint density at radius 1 is 1.06 bits per heavy atom. The number of aromatic nitrogens is 1. The predicted octanol–water partition coefficient (Wildman–Crippen LogP) is 5.64. The normalized spacial score (nSPS) is 15.5. The Balaban J connectivity index is 1.52. The second kappa shape index (κ2) is 10.6. The van der Waals surface area contributed by atoms with Crippen LogP contribution in [0.5, 0.6) is 0 Å². The van der Waals surface area contributed by atoms with E-state index in [4.69, 9.17) is 11.6 Å². The van der Waals surface area contributed by atoms with Gasteiger partial charge in [-0.05, 0) is 78.6 Å². The van der Waals surface area contributed by atoms with Gasteiger partial charge in [0.05, 0.1) is 17.0 Å². The number of hydrogen-bond acceptors (Lipinski definition) is 3. The summed E-state index contributed by atoms with van der Waals surface area (Å²) >= 11 is 6.07. The van der Waals surface area contributed by atoms with Crippen LogP contribution in [0.3, 0.4) is 0 Å². The van der Waals surface area contributed by atoms with Gasteiger partial charge in [0, 0.05) is 24.0 Å². The van der Waals surface area contributed by atoms with Gasteiger partial charge in [-0.25, -0.2) is 0 Å². The molecule has 1 aromatic heterocycles. The van der Waals surface area contributed by atoms with Crippen molar-refractivity contribution in [3.63, 3.8) is 0 Å². The highest BCUT2D eigenvalue weighted by Gasteiger charge is 2.42. The molecule has 1 fully saturated rings. The third kappa shape index (κ3) is 5.61. The first-order chi connectivity index (χ1) is 16.1. The zero-order valence-electron chi connectivity index (χ0n) is 18.6. The molecule has 0 saturated heterocycles. The first kappa shape index (κ1) is 23.0. The lowest BCUT2D eigenvalue weighted by Gasteiger charge is -2.29. The fourth-order valence-electron chi connectivity index (χ4n) is 4.95. The van der Waals surface area contributed by atoms with Crippen LogP contribution in [0.4, 0.5) is 0 Å². The number of nitrogens with zero attached hydrogens (tertiary/aromatic N) is 2. The molecule has 1 heterocycles. The minimum Gasteiger partial charge on any atom is -0.355 e. The van der Waals surface area contributed by atoms with Crippen LogP contribution < -0.4 is 5.32 Å². The molecule has 0 aliphatic heterocycles. The largest absolute Gasteiger partial charge is 0.355 e. The Kier molecular flexibility index (Phi) is 7.42. The number of halogens is 1.